The zero-order valence-corrected chi connectivity index (χ0v) is 18.7. The summed E-state index contributed by atoms with van der Waals surface area (Å²) in [6.07, 6.45) is 1.66. The second-order valence-corrected chi connectivity index (χ2v) is 6.96. The van der Waals surface area contributed by atoms with Crippen molar-refractivity contribution in [3.63, 3.8) is 0 Å². The van der Waals surface area contributed by atoms with Crippen LogP contribution in [0.15, 0.2) is 24.4 Å². The highest BCUT2D eigenvalue weighted by Gasteiger charge is 2.21. The molecule has 1 amide bonds. The van der Waals surface area contributed by atoms with E-state index in [9.17, 15) is 4.79 Å². The molecule has 0 N–H and O–H groups in total. The monoisotopic (exact) mass is 410 g/mol. The van der Waals surface area contributed by atoms with Crippen molar-refractivity contribution in [3.8, 4) is 22.6 Å². The van der Waals surface area contributed by atoms with Gasteiger partial charge in [-0.25, -0.2) is 9.50 Å². The lowest BCUT2D eigenvalue weighted by Gasteiger charge is -2.19. The number of ether oxygens (including phenoxy) is 2. The average Bonchev–Trinajstić information content (AvgIpc) is 3.07. The number of aromatic nitrogens is 3. The Bertz CT molecular complexity index is 1050. The lowest BCUT2D eigenvalue weighted by Crippen LogP contribution is -2.31. The smallest absolute Gasteiger partial charge is 0.257 e. The van der Waals surface area contributed by atoms with Gasteiger partial charge in [0.2, 0.25) is 0 Å². The van der Waals surface area contributed by atoms with Gasteiger partial charge in [0.15, 0.2) is 17.1 Å². The van der Waals surface area contributed by atoms with Gasteiger partial charge in [0.05, 0.1) is 30.2 Å². The summed E-state index contributed by atoms with van der Waals surface area (Å²) in [5, 5.41) is 4.69. The molecule has 0 bridgehead atoms. The molecule has 3 aromatic rings. The molecule has 1 aromatic carbocycles. The van der Waals surface area contributed by atoms with Gasteiger partial charge < -0.3 is 14.4 Å². The van der Waals surface area contributed by atoms with Crippen molar-refractivity contribution in [3.05, 3.63) is 41.3 Å². The van der Waals surface area contributed by atoms with E-state index in [0.717, 1.165) is 22.5 Å². The first-order valence-electron chi connectivity index (χ1n) is 10.5. The number of aryl methyl sites for hydroxylation is 2. The second kappa shape index (κ2) is 9.15. The number of fused-ring (bicyclic) bond motifs is 1. The van der Waals surface area contributed by atoms with Gasteiger partial charge in [0.25, 0.3) is 5.91 Å². The lowest BCUT2D eigenvalue weighted by molar-refractivity contribution is 0.0771. The number of amides is 1. The summed E-state index contributed by atoms with van der Waals surface area (Å²) in [4.78, 5) is 19.3. The molecule has 0 saturated carbocycles. The van der Waals surface area contributed by atoms with Crippen molar-refractivity contribution in [2.75, 3.05) is 26.3 Å². The topological polar surface area (TPSA) is 69.0 Å². The van der Waals surface area contributed by atoms with Crippen LogP contribution < -0.4 is 9.47 Å². The Morgan fingerprint density at radius 3 is 2.33 bits per heavy atom. The van der Waals surface area contributed by atoms with Crippen molar-refractivity contribution in [2.45, 2.75) is 41.5 Å². The Hall–Kier alpha value is -3.09. The van der Waals surface area contributed by atoms with Crippen LogP contribution in [0.4, 0.5) is 0 Å². The van der Waals surface area contributed by atoms with Crippen LogP contribution in [-0.4, -0.2) is 51.7 Å². The molecule has 0 aliphatic heterocycles. The maximum Gasteiger partial charge on any atom is 0.257 e. The summed E-state index contributed by atoms with van der Waals surface area (Å²) in [5.41, 5.74) is 4.77. The summed E-state index contributed by atoms with van der Waals surface area (Å²) in [6.45, 7) is 14.1. The molecule has 0 atom stereocenters. The van der Waals surface area contributed by atoms with Crippen molar-refractivity contribution in [2.24, 2.45) is 0 Å². The number of benzene rings is 1. The SMILES string of the molecule is CCOc1ccc(-c2c(C)nn3c(C)c(C(=O)N(CC)CC)cnc23)cc1OCC. The minimum Gasteiger partial charge on any atom is -0.490 e. The maximum atomic E-state index is 12.9. The largest absolute Gasteiger partial charge is 0.490 e. The van der Waals surface area contributed by atoms with Gasteiger partial charge in [-0.3, -0.25) is 4.79 Å². The minimum absolute atomic E-state index is 0.0266. The van der Waals surface area contributed by atoms with Gasteiger partial charge in [-0.15, -0.1) is 0 Å². The van der Waals surface area contributed by atoms with Gasteiger partial charge in [-0.1, -0.05) is 6.07 Å². The van der Waals surface area contributed by atoms with Crippen molar-refractivity contribution < 1.29 is 14.3 Å². The number of hydrogen-bond donors (Lipinski definition) is 0. The molecule has 7 nitrogen and oxygen atoms in total. The number of rotatable bonds is 8. The fourth-order valence-corrected chi connectivity index (χ4v) is 3.64. The summed E-state index contributed by atoms with van der Waals surface area (Å²) in [6, 6.07) is 5.87. The molecule has 0 fully saturated rings. The van der Waals surface area contributed by atoms with Crippen LogP contribution in [0.1, 0.15) is 49.4 Å². The van der Waals surface area contributed by atoms with Crippen LogP contribution in [0.5, 0.6) is 11.5 Å². The van der Waals surface area contributed by atoms with E-state index in [1.807, 2.05) is 59.7 Å². The van der Waals surface area contributed by atoms with E-state index in [-0.39, 0.29) is 5.91 Å². The van der Waals surface area contributed by atoms with Crippen LogP contribution in [0.2, 0.25) is 0 Å². The first kappa shape index (κ1) is 21.6. The third kappa shape index (κ3) is 3.84. The second-order valence-electron chi connectivity index (χ2n) is 6.96. The van der Waals surface area contributed by atoms with E-state index in [4.69, 9.17) is 9.47 Å². The van der Waals surface area contributed by atoms with Crippen LogP contribution >= 0.6 is 0 Å². The molecule has 0 aliphatic rings. The third-order valence-electron chi connectivity index (χ3n) is 5.17. The number of carbonyl (C=O) groups is 1. The Morgan fingerprint density at radius 2 is 1.70 bits per heavy atom. The fourth-order valence-electron chi connectivity index (χ4n) is 3.64. The molecule has 2 aromatic heterocycles. The molecule has 30 heavy (non-hydrogen) atoms. The third-order valence-corrected chi connectivity index (χ3v) is 5.17. The zero-order valence-electron chi connectivity index (χ0n) is 18.7. The molecule has 2 heterocycles. The van der Waals surface area contributed by atoms with E-state index in [1.165, 1.54) is 0 Å². The average molecular weight is 411 g/mol. The Kier molecular flexibility index (Phi) is 6.59. The number of carbonyl (C=O) groups excluding carboxylic acids is 1. The van der Waals surface area contributed by atoms with E-state index in [1.54, 1.807) is 15.6 Å². The normalized spacial score (nSPS) is 11.0. The minimum atomic E-state index is -0.0266. The molecule has 0 saturated heterocycles. The standard InChI is InChI=1S/C23H30N4O3/c1-7-26(8-2)23(28)18-14-24-22-21(15(5)25-27(22)16(18)6)17-11-12-19(29-9-3)20(13-17)30-10-4/h11-14H,7-10H2,1-6H3. The molecule has 0 unspecified atom stereocenters. The van der Waals surface area contributed by atoms with Gasteiger partial charge in [0.1, 0.15) is 0 Å². The Labute approximate surface area is 177 Å². The van der Waals surface area contributed by atoms with Crippen molar-refractivity contribution >= 4 is 11.6 Å². The summed E-state index contributed by atoms with van der Waals surface area (Å²) < 4.78 is 13.2. The van der Waals surface area contributed by atoms with Gasteiger partial charge in [-0.05, 0) is 59.2 Å². The van der Waals surface area contributed by atoms with Crippen LogP contribution in [0.3, 0.4) is 0 Å². The van der Waals surface area contributed by atoms with Crippen LogP contribution in [-0.2, 0) is 0 Å². The first-order chi connectivity index (χ1) is 14.5. The fraction of sp³-hybridized carbons (Fsp3) is 0.435. The van der Waals surface area contributed by atoms with E-state index in [0.29, 0.717) is 49.0 Å². The predicted molar refractivity (Wildman–Crippen MR) is 117 cm³/mol. The maximum absolute atomic E-state index is 12.9. The van der Waals surface area contributed by atoms with E-state index < -0.39 is 0 Å². The van der Waals surface area contributed by atoms with Crippen LogP contribution in [0, 0.1) is 13.8 Å². The first-order valence-corrected chi connectivity index (χ1v) is 10.5. The summed E-state index contributed by atoms with van der Waals surface area (Å²) in [5.74, 6) is 1.38. The van der Waals surface area contributed by atoms with E-state index in [2.05, 4.69) is 10.1 Å². The van der Waals surface area contributed by atoms with Gasteiger partial charge >= 0.3 is 0 Å². The molecular weight excluding hydrogens is 380 g/mol. The summed E-state index contributed by atoms with van der Waals surface area (Å²) >= 11 is 0. The van der Waals surface area contributed by atoms with E-state index >= 15 is 0 Å². The van der Waals surface area contributed by atoms with Crippen LogP contribution in [0.25, 0.3) is 16.8 Å². The van der Waals surface area contributed by atoms with Crippen molar-refractivity contribution in [1.82, 2.24) is 19.5 Å². The predicted octanol–water partition coefficient (Wildman–Crippen LogP) is 4.29. The number of hydrogen-bond acceptors (Lipinski definition) is 5. The zero-order chi connectivity index (χ0) is 21.8. The highest BCUT2D eigenvalue weighted by atomic mass is 16.5. The Balaban J connectivity index is 2.12. The lowest BCUT2D eigenvalue weighted by atomic mass is 10.1. The quantitative estimate of drug-likeness (QED) is 0.554. The van der Waals surface area contributed by atoms with Gasteiger partial charge in [0, 0.05) is 24.8 Å². The molecule has 0 spiro atoms. The highest BCUT2D eigenvalue weighted by molar-refractivity contribution is 5.95. The molecule has 7 heteroatoms. The highest BCUT2D eigenvalue weighted by Crippen LogP contribution is 2.36. The molecular formula is C23H30N4O3. The number of nitrogens with zero attached hydrogens (tertiary/aromatic N) is 4. The summed E-state index contributed by atoms with van der Waals surface area (Å²) in [7, 11) is 0. The molecule has 160 valence electrons. The molecule has 0 radical (unpaired) electrons. The molecule has 3 rings (SSSR count). The van der Waals surface area contributed by atoms with Gasteiger partial charge in [-0.2, -0.15) is 5.10 Å². The Morgan fingerprint density at radius 1 is 1.03 bits per heavy atom. The van der Waals surface area contributed by atoms with Crippen molar-refractivity contribution in [1.29, 1.82) is 0 Å². The molecule has 0 aliphatic carbocycles.